The van der Waals surface area contributed by atoms with Gasteiger partial charge in [-0.3, -0.25) is 9.59 Å². The van der Waals surface area contributed by atoms with Gasteiger partial charge in [-0.25, -0.2) is 0 Å². The Kier molecular flexibility index (Phi) is 5.17. The van der Waals surface area contributed by atoms with Crippen LogP contribution in [-0.4, -0.2) is 10.5 Å². The first kappa shape index (κ1) is 15.3. The minimum absolute atomic E-state index is 0.0989. The number of hydrogen-bond acceptors (Lipinski definition) is 2. The lowest BCUT2D eigenvalue weighted by Crippen LogP contribution is -2.29. The average molecular weight is 305 g/mol. The summed E-state index contributed by atoms with van der Waals surface area (Å²) in [5.74, 6) is -0.0989. The minimum Gasteiger partial charge on any atom is -0.350 e. The van der Waals surface area contributed by atoms with Gasteiger partial charge in [0.25, 0.3) is 5.56 Å². The molecule has 0 radical (unpaired) electrons. The second kappa shape index (κ2) is 7.09. The molecule has 1 unspecified atom stereocenters. The second-order valence-electron chi connectivity index (χ2n) is 4.83. The SMILES string of the molecule is CC(NC(=O)CCn1ccccc1=O)c1cccc(Cl)c1. The van der Waals surface area contributed by atoms with E-state index < -0.39 is 0 Å². The Morgan fingerprint density at radius 2 is 2.10 bits per heavy atom. The molecule has 4 nitrogen and oxygen atoms in total. The van der Waals surface area contributed by atoms with Crippen LogP contribution in [-0.2, 0) is 11.3 Å². The lowest BCUT2D eigenvalue weighted by molar-refractivity contribution is -0.121. The van der Waals surface area contributed by atoms with E-state index in [1.54, 1.807) is 24.4 Å². The highest BCUT2D eigenvalue weighted by atomic mass is 35.5. The van der Waals surface area contributed by atoms with Crippen molar-refractivity contribution in [3.05, 3.63) is 69.6 Å². The number of halogens is 1. The number of amides is 1. The zero-order valence-corrected chi connectivity index (χ0v) is 12.5. The number of aryl methyl sites for hydroxylation is 1. The predicted molar refractivity (Wildman–Crippen MR) is 83.3 cm³/mol. The lowest BCUT2D eigenvalue weighted by atomic mass is 10.1. The topological polar surface area (TPSA) is 51.1 Å². The summed E-state index contributed by atoms with van der Waals surface area (Å²) in [7, 11) is 0. The van der Waals surface area contributed by atoms with Gasteiger partial charge in [0.05, 0.1) is 6.04 Å². The quantitative estimate of drug-likeness (QED) is 0.923. The molecule has 1 atom stereocenters. The number of nitrogens with zero attached hydrogens (tertiary/aromatic N) is 1. The van der Waals surface area contributed by atoms with E-state index in [0.717, 1.165) is 5.56 Å². The highest BCUT2D eigenvalue weighted by molar-refractivity contribution is 6.30. The zero-order chi connectivity index (χ0) is 15.2. The Labute approximate surface area is 128 Å². The normalized spacial score (nSPS) is 11.9. The summed E-state index contributed by atoms with van der Waals surface area (Å²) in [6.45, 7) is 2.27. The van der Waals surface area contributed by atoms with E-state index in [0.29, 0.717) is 11.6 Å². The second-order valence-corrected chi connectivity index (χ2v) is 5.26. The molecule has 2 rings (SSSR count). The number of carbonyl (C=O) groups is 1. The largest absolute Gasteiger partial charge is 0.350 e. The van der Waals surface area contributed by atoms with E-state index in [1.807, 2.05) is 25.1 Å². The van der Waals surface area contributed by atoms with Gasteiger partial charge in [-0.05, 0) is 30.7 Å². The van der Waals surface area contributed by atoms with Crippen LogP contribution in [0.4, 0.5) is 0 Å². The molecule has 0 spiro atoms. The van der Waals surface area contributed by atoms with E-state index in [-0.39, 0.29) is 23.9 Å². The molecule has 1 amide bonds. The number of rotatable bonds is 5. The molecule has 0 fully saturated rings. The van der Waals surface area contributed by atoms with Crippen molar-refractivity contribution in [2.75, 3.05) is 0 Å². The third-order valence-corrected chi connectivity index (χ3v) is 3.44. The Hall–Kier alpha value is -2.07. The van der Waals surface area contributed by atoms with Crippen LogP contribution in [0.5, 0.6) is 0 Å². The molecule has 1 aromatic carbocycles. The third-order valence-electron chi connectivity index (χ3n) is 3.20. The minimum atomic E-state index is -0.122. The van der Waals surface area contributed by atoms with Crippen LogP contribution in [0.1, 0.15) is 24.9 Å². The maximum atomic E-state index is 11.9. The van der Waals surface area contributed by atoms with Crippen molar-refractivity contribution in [1.82, 2.24) is 9.88 Å². The van der Waals surface area contributed by atoms with Crippen molar-refractivity contribution < 1.29 is 4.79 Å². The fourth-order valence-corrected chi connectivity index (χ4v) is 2.24. The van der Waals surface area contributed by atoms with E-state index in [9.17, 15) is 9.59 Å². The number of hydrogen-bond donors (Lipinski definition) is 1. The number of carbonyl (C=O) groups excluding carboxylic acids is 1. The van der Waals surface area contributed by atoms with Crippen molar-refractivity contribution in [2.24, 2.45) is 0 Å². The molecule has 21 heavy (non-hydrogen) atoms. The molecule has 1 heterocycles. The molecule has 0 bridgehead atoms. The van der Waals surface area contributed by atoms with Crippen LogP contribution in [0.2, 0.25) is 5.02 Å². The molecule has 0 saturated heterocycles. The summed E-state index contributed by atoms with van der Waals surface area (Å²) in [5.41, 5.74) is 0.848. The summed E-state index contributed by atoms with van der Waals surface area (Å²) >= 11 is 5.93. The molecule has 2 aromatic rings. The first-order chi connectivity index (χ1) is 10.1. The Bertz CT molecular complexity index is 682. The van der Waals surface area contributed by atoms with Crippen LogP contribution < -0.4 is 10.9 Å². The van der Waals surface area contributed by atoms with E-state index in [2.05, 4.69) is 5.32 Å². The van der Waals surface area contributed by atoms with Crippen LogP contribution in [0, 0.1) is 0 Å². The van der Waals surface area contributed by atoms with Gasteiger partial charge < -0.3 is 9.88 Å². The first-order valence-electron chi connectivity index (χ1n) is 6.76. The van der Waals surface area contributed by atoms with Gasteiger partial charge in [-0.1, -0.05) is 29.8 Å². The lowest BCUT2D eigenvalue weighted by Gasteiger charge is -2.15. The highest BCUT2D eigenvalue weighted by Crippen LogP contribution is 2.17. The summed E-state index contributed by atoms with van der Waals surface area (Å²) in [4.78, 5) is 23.5. The molecule has 110 valence electrons. The van der Waals surface area contributed by atoms with Crippen LogP contribution in [0.15, 0.2) is 53.5 Å². The maximum Gasteiger partial charge on any atom is 0.250 e. The molecule has 1 aromatic heterocycles. The number of aromatic nitrogens is 1. The van der Waals surface area contributed by atoms with E-state index in [1.165, 1.54) is 10.6 Å². The third kappa shape index (κ3) is 4.46. The van der Waals surface area contributed by atoms with Crippen LogP contribution in [0.3, 0.4) is 0 Å². The smallest absolute Gasteiger partial charge is 0.250 e. The van der Waals surface area contributed by atoms with Crippen molar-refractivity contribution in [2.45, 2.75) is 25.9 Å². The summed E-state index contributed by atoms with van der Waals surface area (Å²) in [6, 6.07) is 12.2. The molecule has 0 aliphatic carbocycles. The van der Waals surface area contributed by atoms with E-state index in [4.69, 9.17) is 11.6 Å². The Balaban J connectivity index is 1.90. The van der Waals surface area contributed by atoms with Gasteiger partial charge in [0.1, 0.15) is 0 Å². The summed E-state index contributed by atoms with van der Waals surface area (Å²) < 4.78 is 1.52. The number of nitrogens with one attached hydrogen (secondary N) is 1. The molecular formula is C16H17ClN2O2. The molecule has 0 aliphatic rings. The monoisotopic (exact) mass is 304 g/mol. The standard InChI is InChI=1S/C16H17ClN2O2/c1-12(13-5-4-6-14(17)11-13)18-15(20)8-10-19-9-3-2-7-16(19)21/h2-7,9,11-12H,8,10H2,1H3,(H,18,20). The molecule has 5 heteroatoms. The fraction of sp³-hybridized carbons (Fsp3) is 0.250. The number of benzene rings is 1. The number of pyridine rings is 1. The van der Waals surface area contributed by atoms with Gasteiger partial charge in [0.15, 0.2) is 0 Å². The van der Waals surface area contributed by atoms with Crippen molar-refractivity contribution in [3.63, 3.8) is 0 Å². The van der Waals surface area contributed by atoms with Crippen molar-refractivity contribution >= 4 is 17.5 Å². The zero-order valence-electron chi connectivity index (χ0n) is 11.8. The maximum absolute atomic E-state index is 11.9. The first-order valence-corrected chi connectivity index (χ1v) is 7.14. The molecular weight excluding hydrogens is 288 g/mol. The van der Waals surface area contributed by atoms with E-state index >= 15 is 0 Å². The summed E-state index contributed by atoms with van der Waals surface area (Å²) in [6.07, 6.45) is 1.94. The van der Waals surface area contributed by atoms with Gasteiger partial charge in [-0.2, -0.15) is 0 Å². The fourth-order valence-electron chi connectivity index (χ4n) is 2.04. The highest BCUT2D eigenvalue weighted by Gasteiger charge is 2.10. The molecule has 0 aliphatic heterocycles. The summed E-state index contributed by atoms with van der Waals surface area (Å²) in [5, 5.41) is 3.54. The van der Waals surface area contributed by atoms with Crippen molar-refractivity contribution in [3.8, 4) is 0 Å². The van der Waals surface area contributed by atoms with Crippen LogP contribution >= 0.6 is 11.6 Å². The van der Waals surface area contributed by atoms with Gasteiger partial charge >= 0.3 is 0 Å². The van der Waals surface area contributed by atoms with Crippen LogP contribution in [0.25, 0.3) is 0 Å². The Morgan fingerprint density at radius 1 is 1.29 bits per heavy atom. The Morgan fingerprint density at radius 3 is 2.81 bits per heavy atom. The molecule has 1 N–H and O–H groups in total. The van der Waals surface area contributed by atoms with Gasteiger partial charge in [0, 0.05) is 30.3 Å². The van der Waals surface area contributed by atoms with Gasteiger partial charge in [-0.15, -0.1) is 0 Å². The van der Waals surface area contributed by atoms with Gasteiger partial charge in [0.2, 0.25) is 5.91 Å². The average Bonchev–Trinajstić information content (AvgIpc) is 2.46. The predicted octanol–water partition coefficient (Wildman–Crippen LogP) is 2.77. The molecule has 0 saturated carbocycles. The van der Waals surface area contributed by atoms with Crippen molar-refractivity contribution in [1.29, 1.82) is 0 Å².